The Morgan fingerprint density at radius 3 is 2.74 bits per heavy atom. The Balaban J connectivity index is 1.75. The van der Waals surface area contributed by atoms with Crippen LogP contribution < -0.4 is 5.32 Å². The Morgan fingerprint density at radius 2 is 2.04 bits per heavy atom. The molecule has 1 saturated heterocycles. The molecule has 0 amide bonds. The number of rotatable bonds is 4. The molecule has 0 bridgehead atoms. The molecule has 6 heteroatoms. The molecule has 0 radical (unpaired) electrons. The second-order valence-electron chi connectivity index (χ2n) is 5.81. The molecule has 3 nitrogen and oxygen atoms in total. The summed E-state index contributed by atoms with van der Waals surface area (Å²) in [6.07, 6.45) is 1.90. The molecule has 1 aliphatic rings. The van der Waals surface area contributed by atoms with Gasteiger partial charge in [-0.3, -0.25) is 0 Å². The minimum atomic E-state index is -0.238. The number of benzene rings is 1. The van der Waals surface area contributed by atoms with Gasteiger partial charge in [0.25, 0.3) is 0 Å². The molecule has 0 aliphatic carbocycles. The van der Waals surface area contributed by atoms with Gasteiger partial charge in [-0.05, 0) is 32.0 Å². The first-order valence-electron chi connectivity index (χ1n) is 7.87. The highest BCUT2D eigenvalue weighted by Gasteiger charge is 2.19. The van der Waals surface area contributed by atoms with Crippen molar-refractivity contribution in [2.75, 3.05) is 23.0 Å². The summed E-state index contributed by atoms with van der Waals surface area (Å²) >= 11 is 4.05. The molecular formula is C17H22FN3S2. The minimum absolute atomic E-state index is 0.238. The van der Waals surface area contributed by atoms with Crippen LogP contribution in [0, 0.1) is 12.7 Å². The third-order valence-corrected chi connectivity index (χ3v) is 6.58. The van der Waals surface area contributed by atoms with Crippen LogP contribution in [-0.2, 0) is 0 Å². The largest absolute Gasteiger partial charge is 0.306 e. The molecule has 0 spiro atoms. The molecule has 0 unspecified atom stereocenters. The van der Waals surface area contributed by atoms with Gasteiger partial charge in [0.05, 0.1) is 11.9 Å². The van der Waals surface area contributed by atoms with Gasteiger partial charge in [-0.1, -0.05) is 6.07 Å². The quantitative estimate of drug-likeness (QED) is 0.907. The van der Waals surface area contributed by atoms with Crippen molar-refractivity contribution in [2.45, 2.75) is 25.9 Å². The third-order valence-electron chi connectivity index (χ3n) is 4.06. The van der Waals surface area contributed by atoms with E-state index in [-0.39, 0.29) is 11.9 Å². The molecule has 124 valence electrons. The molecule has 0 saturated carbocycles. The second-order valence-corrected chi connectivity index (χ2v) is 8.11. The summed E-state index contributed by atoms with van der Waals surface area (Å²) < 4.78 is 15.3. The zero-order valence-corrected chi connectivity index (χ0v) is 15.1. The normalized spacial score (nSPS) is 17.9. The number of halogens is 1. The van der Waals surface area contributed by atoms with Crippen molar-refractivity contribution >= 4 is 23.5 Å². The summed E-state index contributed by atoms with van der Waals surface area (Å²) in [5.41, 5.74) is 3.00. The Hall–Kier alpha value is -0.980. The third kappa shape index (κ3) is 4.11. The second kappa shape index (κ2) is 7.73. The van der Waals surface area contributed by atoms with Crippen molar-refractivity contribution < 1.29 is 4.39 Å². The SMILES string of the molecule is Cc1c([C@H](C)NC2CSCCSC2)cnn1-c1cccc(F)c1. The molecule has 1 N–H and O–H groups in total. The van der Waals surface area contributed by atoms with Crippen LogP contribution in [0.1, 0.15) is 24.2 Å². The van der Waals surface area contributed by atoms with Gasteiger partial charge in [-0.25, -0.2) is 9.07 Å². The summed E-state index contributed by atoms with van der Waals surface area (Å²) in [4.78, 5) is 0. The molecule has 1 aliphatic heterocycles. The lowest BCUT2D eigenvalue weighted by Crippen LogP contribution is -2.35. The fourth-order valence-corrected chi connectivity index (χ4v) is 5.29. The van der Waals surface area contributed by atoms with Gasteiger partial charge < -0.3 is 5.32 Å². The van der Waals surface area contributed by atoms with Gasteiger partial charge in [0.1, 0.15) is 5.82 Å². The summed E-state index contributed by atoms with van der Waals surface area (Å²) in [5.74, 6) is 4.57. The number of nitrogens with zero attached hydrogens (tertiary/aromatic N) is 2. The standard InChI is InChI=1S/C17H22FN3S2/c1-12(20-15-10-22-6-7-23-11-15)17-9-19-21(13(17)2)16-5-3-4-14(18)8-16/h3-5,8-9,12,15,20H,6-7,10-11H2,1-2H3/t12-/m0/s1. The van der Waals surface area contributed by atoms with Crippen LogP contribution in [0.25, 0.3) is 5.69 Å². The summed E-state index contributed by atoms with van der Waals surface area (Å²) in [7, 11) is 0. The van der Waals surface area contributed by atoms with E-state index in [1.54, 1.807) is 6.07 Å². The van der Waals surface area contributed by atoms with Crippen molar-refractivity contribution in [1.29, 1.82) is 0 Å². The first-order valence-corrected chi connectivity index (χ1v) is 10.2. The van der Waals surface area contributed by atoms with E-state index < -0.39 is 0 Å². The lowest BCUT2D eigenvalue weighted by atomic mass is 10.1. The first kappa shape index (κ1) is 16.9. The van der Waals surface area contributed by atoms with Crippen molar-refractivity contribution in [1.82, 2.24) is 15.1 Å². The Morgan fingerprint density at radius 1 is 1.30 bits per heavy atom. The predicted octanol–water partition coefficient (Wildman–Crippen LogP) is 3.82. The maximum Gasteiger partial charge on any atom is 0.125 e. The van der Waals surface area contributed by atoms with E-state index in [1.807, 2.05) is 47.4 Å². The highest BCUT2D eigenvalue weighted by molar-refractivity contribution is 8.03. The van der Waals surface area contributed by atoms with Crippen LogP contribution in [0.15, 0.2) is 30.5 Å². The number of aromatic nitrogens is 2. The fraction of sp³-hybridized carbons (Fsp3) is 0.471. The van der Waals surface area contributed by atoms with Gasteiger partial charge >= 0.3 is 0 Å². The van der Waals surface area contributed by atoms with Gasteiger partial charge in [-0.2, -0.15) is 28.6 Å². The molecular weight excluding hydrogens is 329 g/mol. The van der Waals surface area contributed by atoms with Crippen molar-refractivity contribution in [2.24, 2.45) is 0 Å². The number of hydrogen-bond acceptors (Lipinski definition) is 4. The van der Waals surface area contributed by atoms with E-state index >= 15 is 0 Å². The zero-order valence-electron chi connectivity index (χ0n) is 13.5. The molecule has 1 aromatic carbocycles. The molecule has 23 heavy (non-hydrogen) atoms. The average molecular weight is 352 g/mol. The van der Waals surface area contributed by atoms with Crippen LogP contribution in [0.3, 0.4) is 0 Å². The lowest BCUT2D eigenvalue weighted by Gasteiger charge is -2.21. The lowest BCUT2D eigenvalue weighted by molar-refractivity contribution is 0.515. The van der Waals surface area contributed by atoms with E-state index in [0.717, 1.165) is 22.9 Å². The predicted molar refractivity (Wildman–Crippen MR) is 98.2 cm³/mol. The molecule has 1 fully saturated rings. The topological polar surface area (TPSA) is 29.9 Å². The smallest absolute Gasteiger partial charge is 0.125 e. The first-order chi connectivity index (χ1) is 11.1. The van der Waals surface area contributed by atoms with E-state index in [1.165, 1.54) is 29.2 Å². The van der Waals surface area contributed by atoms with Crippen LogP contribution >= 0.6 is 23.5 Å². The number of nitrogens with one attached hydrogen (secondary N) is 1. The monoisotopic (exact) mass is 351 g/mol. The molecule has 2 aromatic rings. The van der Waals surface area contributed by atoms with Gasteiger partial charge in [0.2, 0.25) is 0 Å². The van der Waals surface area contributed by atoms with Crippen molar-refractivity contribution in [3.05, 3.63) is 47.5 Å². The fourth-order valence-electron chi connectivity index (χ4n) is 2.87. The number of hydrogen-bond donors (Lipinski definition) is 1. The summed E-state index contributed by atoms with van der Waals surface area (Å²) in [6, 6.07) is 7.33. The van der Waals surface area contributed by atoms with Crippen molar-refractivity contribution in [3.63, 3.8) is 0 Å². The van der Waals surface area contributed by atoms with E-state index in [2.05, 4.69) is 17.3 Å². The van der Waals surface area contributed by atoms with Crippen LogP contribution in [0.5, 0.6) is 0 Å². The maximum atomic E-state index is 13.4. The van der Waals surface area contributed by atoms with Crippen LogP contribution in [0.4, 0.5) is 4.39 Å². The Kier molecular flexibility index (Phi) is 5.67. The van der Waals surface area contributed by atoms with Gasteiger partial charge in [-0.15, -0.1) is 0 Å². The van der Waals surface area contributed by atoms with Gasteiger partial charge in [0, 0.05) is 46.4 Å². The molecule has 2 heterocycles. The highest BCUT2D eigenvalue weighted by atomic mass is 32.2. The molecule has 1 aromatic heterocycles. The van der Waals surface area contributed by atoms with E-state index in [0.29, 0.717) is 6.04 Å². The van der Waals surface area contributed by atoms with E-state index in [4.69, 9.17) is 0 Å². The minimum Gasteiger partial charge on any atom is -0.306 e. The molecule has 3 rings (SSSR count). The summed E-state index contributed by atoms with van der Waals surface area (Å²) in [5, 5.41) is 8.18. The Labute approximate surface area is 145 Å². The maximum absolute atomic E-state index is 13.4. The van der Waals surface area contributed by atoms with Gasteiger partial charge in [0.15, 0.2) is 0 Å². The zero-order chi connectivity index (χ0) is 16.2. The van der Waals surface area contributed by atoms with Crippen LogP contribution in [-0.4, -0.2) is 38.8 Å². The highest BCUT2D eigenvalue weighted by Crippen LogP contribution is 2.23. The summed E-state index contributed by atoms with van der Waals surface area (Å²) in [6.45, 7) is 4.22. The number of thioether (sulfide) groups is 2. The van der Waals surface area contributed by atoms with Crippen LogP contribution in [0.2, 0.25) is 0 Å². The average Bonchev–Trinajstić information content (AvgIpc) is 2.74. The van der Waals surface area contributed by atoms with E-state index in [9.17, 15) is 4.39 Å². The Bertz CT molecular complexity index is 651. The van der Waals surface area contributed by atoms with Crippen molar-refractivity contribution in [3.8, 4) is 5.69 Å². The molecule has 1 atom stereocenters.